The van der Waals surface area contributed by atoms with Gasteiger partial charge in [-0.3, -0.25) is 9.20 Å². The van der Waals surface area contributed by atoms with Crippen molar-refractivity contribution >= 4 is 11.6 Å². The van der Waals surface area contributed by atoms with Gasteiger partial charge in [0.2, 0.25) is 5.91 Å². The molecule has 3 aromatic rings. The lowest BCUT2D eigenvalue weighted by molar-refractivity contribution is -0.120. The van der Waals surface area contributed by atoms with Gasteiger partial charge >= 0.3 is 0 Å². The molecule has 2 heterocycles. The summed E-state index contributed by atoms with van der Waals surface area (Å²) in [5.74, 6) is 0.0856. The molecule has 118 valence electrons. The molecule has 0 atom stereocenters. The van der Waals surface area contributed by atoms with Crippen molar-refractivity contribution in [2.75, 3.05) is 7.11 Å². The Morgan fingerprint density at radius 1 is 1.30 bits per heavy atom. The van der Waals surface area contributed by atoms with Crippen LogP contribution in [0, 0.1) is 5.82 Å². The highest BCUT2D eigenvalue weighted by Gasteiger charge is 2.09. The predicted molar refractivity (Wildman–Crippen MR) is 81.5 cm³/mol. The van der Waals surface area contributed by atoms with E-state index in [2.05, 4.69) is 15.5 Å². The van der Waals surface area contributed by atoms with Gasteiger partial charge in [0.05, 0.1) is 20.1 Å². The zero-order valence-electron chi connectivity index (χ0n) is 12.5. The number of carbonyl (C=O) groups excluding carboxylic acids is 1. The number of carbonyl (C=O) groups is 1. The number of ether oxygens (including phenoxy) is 1. The van der Waals surface area contributed by atoms with Gasteiger partial charge in [0.1, 0.15) is 0 Å². The molecule has 0 aliphatic rings. The number of fused-ring (bicyclic) bond motifs is 1. The first kappa shape index (κ1) is 15.0. The number of halogens is 1. The number of amides is 1. The Kier molecular flexibility index (Phi) is 4.18. The lowest BCUT2D eigenvalue weighted by Gasteiger charge is -2.06. The van der Waals surface area contributed by atoms with Crippen LogP contribution >= 0.6 is 0 Å². The fourth-order valence-electron chi connectivity index (χ4n) is 2.26. The number of methoxy groups -OCH3 is 1. The van der Waals surface area contributed by atoms with E-state index in [1.165, 1.54) is 19.2 Å². The van der Waals surface area contributed by atoms with Crippen molar-refractivity contribution in [1.29, 1.82) is 0 Å². The Morgan fingerprint density at radius 2 is 2.17 bits per heavy atom. The number of nitrogens with zero attached hydrogens (tertiary/aromatic N) is 3. The normalized spacial score (nSPS) is 10.7. The van der Waals surface area contributed by atoms with Crippen molar-refractivity contribution in [3.8, 4) is 5.75 Å². The van der Waals surface area contributed by atoms with Gasteiger partial charge in [-0.2, -0.15) is 0 Å². The van der Waals surface area contributed by atoms with Crippen molar-refractivity contribution in [2.24, 2.45) is 0 Å². The zero-order chi connectivity index (χ0) is 16.2. The van der Waals surface area contributed by atoms with Crippen LogP contribution in [0.2, 0.25) is 0 Å². The minimum Gasteiger partial charge on any atom is -0.494 e. The molecule has 1 amide bonds. The zero-order valence-corrected chi connectivity index (χ0v) is 12.5. The van der Waals surface area contributed by atoms with Crippen LogP contribution in [0.5, 0.6) is 5.75 Å². The van der Waals surface area contributed by atoms with Gasteiger partial charge < -0.3 is 10.1 Å². The Morgan fingerprint density at radius 3 is 2.96 bits per heavy atom. The van der Waals surface area contributed by atoms with E-state index in [1.54, 1.807) is 10.5 Å². The topological polar surface area (TPSA) is 68.5 Å². The van der Waals surface area contributed by atoms with E-state index in [4.69, 9.17) is 4.74 Å². The van der Waals surface area contributed by atoms with E-state index in [1.807, 2.05) is 24.4 Å². The molecule has 1 aromatic carbocycles. The largest absolute Gasteiger partial charge is 0.494 e. The van der Waals surface area contributed by atoms with E-state index in [9.17, 15) is 9.18 Å². The number of aromatic nitrogens is 3. The Balaban J connectivity index is 1.62. The molecule has 3 rings (SSSR count). The summed E-state index contributed by atoms with van der Waals surface area (Å²) >= 11 is 0. The first-order chi connectivity index (χ1) is 11.2. The minimum atomic E-state index is -0.485. The smallest absolute Gasteiger partial charge is 0.224 e. The SMILES string of the molecule is COc1ccc(CC(=O)NCc2nnc3ccccn23)cc1F. The van der Waals surface area contributed by atoms with Crippen LogP contribution in [0.25, 0.3) is 5.65 Å². The van der Waals surface area contributed by atoms with Gasteiger partial charge in [-0.25, -0.2) is 4.39 Å². The Labute approximate surface area is 131 Å². The molecule has 0 spiro atoms. The molecular weight excluding hydrogens is 299 g/mol. The van der Waals surface area contributed by atoms with Crippen molar-refractivity contribution in [3.63, 3.8) is 0 Å². The number of nitrogens with one attached hydrogen (secondary N) is 1. The van der Waals surface area contributed by atoms with Crippen molar-refractivity contribution in [3.05, 3.63) is 59.8 Å². The molecule has 1 N–H and O–H groups in total. The van der Waals surface area contributed by atoms with Crippen molar-refractivity contribution in [1.82, 2.24) is 19.9 Å². The molecule has 0 saturated heterocycles. The van der Waals surface area contributed by atoms with Gasteiger partial charge in [-0.1, -0.05) is 12.1 Å². The maximum Gasteiger partial charge on any atom is 0.224 e. The fraction of sp³-hybridized carbons (Fsp3) is 0.188. The van der Waals surface area contributed by atoms with Gasteiger partial charge in [0, 0.05) is 6.20 Å². The molecule has 0 aliphatic heterocycles. The Bertz CT molecular complexity index is 847. The maximum atomic E-state index is 13.6. The molecule has 0 aliphatic carbocycles. The third-order valence-electron chi connectivity index (χ3n) is 3.41. The van der Waals surface area contributed by atoms with Crippen molar-refractivity contribution in [2.45, 2.75) is 13.0 Å². The minimum absolute atomic E-state index is 0.0810. The molecule has 0 bridgehead atoms. The molecule has 7 heteroatoms. The Hall–Kier alpha value is -2.96. The van der Waals surface area contributed by atoms with E-state index in [0.717, 1.165) is 0 Å². The highest BCUT2D eigenvalue weighted by atomic mass is 19.1. The average molecular weight is 314 g/mol. The second-order valence-corrected chi connectivity index (χ2v) is 4.97. The summed E-state index contributed by atoms with van der Waals surface area (Å²) in [5, 5.41) is 10.8. The molecule has 6 nitrogen and oxygen atoms in total. The number of rotatable bonds is 5. The first-order valence-corrected chi connectivity index (χ1v) is 7.05. The predicted octanol–water partition coefficient (Wildman–Crippen LogP) is 1.74. The number of benzene rings is 1. The number of pyridine rings is 1. The monoisotopic (exact) mass is 314 g/mol. The lowest BCUT2D eigenvalue weighted by atomic mass is 10.1. The molecule has 0 radical (unpaired) electrons. The summed E-state index contributed by atoms with van der Waals surface area (Å²) in [6.07, 6.45) is 1.91. The summed E-state index contributed by atoms with van der Waals surface area (Å²) < 4.78 is 20.3. The number of hydrogen-bond acceptors (Lipinski definition) is 4. The van der Waals surface area contributed by atoms with Crippen molar-refractivity contribution < 1.29 is 13.9 Å². The van der Waals surface area contributed by atoms with Crippen LogP contribution in [-0.2, 0) is 17.8 Å². The lowest BCUT2D eigenvalue weighted by Crippen LogP contribution is -2.25. The van der Waals surface area contributed by atoms with Gasteiger partial charge in [-0.15, -0.1) is 10.2 Å². The van der Waals surface area contributed by atoms with E-state index < -0.39 is 5.82 Å². The second-order valence-electron chi connectivity index (χ2n) is 4.97. The molecule has 2 aromatic heterocycles. The van der Waals surface area contributed by atoms with Crippen LogP contribution < -0.4 is 10.1 Å². The molecule has 0 fully saturated rings. The molecular formula is C16H15FN4O2. The van der Waals surface area contributed by atoms with Gasteiger partial charge in [-0.05, 0) is 29.8 Å². The standard InChI is InChI=1S/C16H15FN4O2/c1-23-13-6-5-11(8-12(13)17)9-16(22)18-10-15-20-19-14-4-2-3-7-21(14)15/h2-8H,9-10H2,1H3,(H,18,22). The molecule has 0 saturated carbocycles. The van der Waals surface area contributed by atoms with E-state index >= 15 is 0 Å². The summed E-state index contributed by atoms with van der Waals surface area (Å²) in [5.41, 5.74) is 1.29. The third-order valence-corrected chi connectivity index (χ3v) is 3.41. The van der Waals surface area contributed by atoms with Gasteiger partial charge in [0.25, 0.3) is 0 Å². The first-order valence-electron chi connectivity index (χ1n) is 7.05. The molecule has 0 unspecified atom stereocenters. The molecule has 23 heavy (non-hydrogen) atoms. The van der Waals surface area contributed by atoms with Crippen LogP contribution in [0.15, 0.2) is 42.6 Å². The average Bonchev–Trinajstić information content (AvgIpc) is 2.96. The van der Waals surface area contributed by atoms with Crippen LogP contribution in [0.1, 0.15) is 11.4 Å². The summed E-state index contributed by atoms with van der Waals surface area (Å²) in [6, 6.07) is 10.0. The maximum absolute atomic E-state index is 13.6. The summed E-state index contributed by atoms with van der Waals surface area (Å²) in [6.45, 7) is 0.253. The van der Waals surface area contributed by atoms with Crippen LogP contribution in [0.4, 0.5) is 4.39 Å². The fourth-order valence-corrected chi connectivity index (χ4v) is 2.26. The highest BCUT2D eigenvalue weighted by molar-refractivity contribution is 5.78. The van der Waals surface area contributed by atoms with E-state index in [-0.39, 0.29) is 24.6 Å². The third kappa shape index (κ3) is 3.28. The second kappa shape index (κ2) is 6.43. The number of hydrogen-bond donors (Lipinski definition) is 1. The van der Waals surface area contributed by atoms with Crippen LogP contribution in [0.3, 0.4) is 0 Å². The summed E-state index contributed by atoms with van der Waals surface area (Å²) in [4.78, 5) is 12.0. The van der Waals surface area contributed by atoms with Gasteiger partial charge in [0.15, 0.2) is 23.0 Å². The quantitative estimate of drug-likeness (QED) is 0.779. The van der Waals surface area contributed by atoms with E-state index in [0.29, 0.717) is 17.0 Å². The highest BCUT2D eigenvalue weighted by Crippen LogP contribution is 2.17. The van der Waals surface area contributed by atoms with Crippen LogP contribution in [-0.4, -0.2) is 27.6 Å². The summed E-state index contributed by atoms with van der Waals surface area (Å²) in [7, 11) is 1.40.